The molecule has 1 aromatic carbocycles. The minimum atomic E-state index is -0.543. The number of halogens is 2. The lowest BCUT2D eigenvalue weighted by molar-refractivity contribution is 0.440. The van der Waals surface area contributed by atoms with E-state index in [1.807, 2.05) is 0 Å². The first-order valence-electron chi connectivity index (χ1n) is 5.38. The first-order valence-corrected chi connectivity index (χ1v) is 5.38. The summed E-state index contributed by atoms with van der Waals surface area (Å²) in [7, 11) is 0. The van der Waals surface area contributed by atoms with Crippen LogP contribution in [0.25, 0.3) is 0 Å². The average molecular weight is 211 g/mol. The first kappa shape index (κ1) is 10.6. The van der Waals surface area contributed by atoms with Gasteiger partial charge in [-0.05, 0) is 36.5 Å². The summed E-state index contributed by atoms with van der Waals surface area (Å²) in [5.74, 6) is -0.705. The van der Waals surface area contributed by atoms with Crippen LogP contribution >= 0.6 is 0 Å². The van der Waals surface area contributed by atoms with Crippen molar-refractivity contribution in [1.82, 2.24) is 0 Å². The maximum Gasteiger partial charge on any atom is 0.126 e. The predicted molar refractivity (Wildman–Crippen MR) is 55.2 cm³/mol. The van der Waals surface area contributed by atoms with Crippen LogP contribution in [0.3, 0.4) is 0 Å². The Morgan fingerprint density at radius 3 is 2.13 bits per heavy atom. The summed E-state index contributed by atoms with van der Waals surface area (Å²) < 4.78 is 26.0. The molecule has 0 amide bonds. The second-order valence-corrected chi connectivity index (χ2v) is 4.27. The second kappa shape index (κ2) is 4.27. The van der Waals surface area contributed by atoms with Gasteiger partial charge in [-0.3, -0.25) is 0 Å². The molecule has 82 valence electrons. The number of hydrogen-bond donors (Lipinski definition) is 1. The fourth-order valence-electron chi connectivity index (χ4n) is 2.36. The highest BCUT2D eigenvalue weighted by atomic mass is 19.1. The highest BCUT2D eigenvalue weighted by Crippen LogP contribution is 2.34. The maximum absolute atomic E-state index is 13.0. The van der Waals surface area contributed by atoms with E-state index in [9.17, 15) is 8.78 Å². The fourth-order valence-corrected chi connectivity index (χ4v) is 2.36. The molecule has 0 bridgehead atoms. The Kier molecular flexibility index (Phi) is 3.00. The number of nitrogens with two attached hydrogens (primary N) is 1. The standard InChI is InChI=1S/C12H15F2N/c13-10-5-9(6-11(14)7-10)12(15)8-3-1-2-4-8/h5-8,12H,1-4,15H2/t12-/m1/s1. The monoisotopic (exact) mass is 211 g/mol. The van der Waals surface area contributed by atoms with Gasteiger partial charge in [-0.25, -0.2) is 8.78 Å². The Morgan fingerprint density at radius 1 is 1.07 bits per heavy atom. The number of rotatable bonds is 2. The van der Waals surface area contributed by atoms with E-state index in [0.29, 0.717) is 11.5 Å². The van der Waals surface area contributed by atoms with Gasteiger partial charge in [-0.1, -0.05) is 12.8 Å². The average Bonchev–Trinajstić information content (AvgIpc) is 2.67. The number of benzene rings is 1. The van der Waals surface area contributed by atoms with Gasteiger partial charge in [-0.2, -0.15) is 0 Å². The highest BCUT2D eigenvalue weighted by molar-refractivity contribution is 5.22. The van der Waals surface area contributed by atoms with E-state index in [0.717, 1.165) is 18.9 Å². The Bertz CT molecular complexity index is 325. The summed E-state index contributed by atoms with van der Waals surface area (Å²) in [6.07, 6.45) is 4.49. The third kappa shape index (κ3) is 2.34. The summed E-state index contributed by atoms with van der Waals surface area (Å²) in [5, 5.41) is 0. The second-order valence-electron chi connectivity index (χ2n) is 4.27. The van der Waals surface area contributed by atoms with Gasteiger partial charge in [0, 0.05) is 12.1 Å². The molecule has 0 unspecified atom stereocenters. The molecule has 1 aromatic rings. The van der Waals surface area contributed by atoms with Gasteiger partial charge < -0.3 is 5.73 Å². The van der Waals surface area contributed by atoms with E-state index < -0.39 is 11.6 Å². The van der Waals surface area contributed by atoms with Crippen molar-refractivity contribution in [1.29, 1.82) is 0 Å². The zero-order valence-corrected chi connectivity index (χ0v) is 8.55. The SMILES string of the molecule is N[C@@H](c1cc(F)cc(F)c1)C1CCCC1. The number of hydrogen-bond acceptors (Lipinski definition) is 1. The minimum Gasteiger partial charge on any atom is -0.324 e. The third-order valence-corrected chi connectivity index (χ3v) is 3.18. The van der Waals surface area contributed by atoms with Crippen molar-refractivity contribution < 1.29 is 8.78 Å². The lowest BCUT2D eigenvalue weighted by Crippen LogP contribution is -2.19. The molecule has 1 fully saturated rings. The van der Waals surface area contributed by atoms with E-state index in [-0.39, 0.29) is 6.04 Å². The summed E-state index contributed by atoms with van der Waals surface area (Å²) >= 11 is 0. The van der Waals surface area contributed by atoms with Gasteiger partial charge in [-0.15, -0.1) is 0 Å². The molecule has 1 aliphatic carbocycles. The van der Waals surface area contributed by atoms with Gasteiger partial charge in [0.15, 0.2) is 0 Å². The topological polar surface area (TPSA) is 26.0 Å². The van der Waals surface area contributed by atoms with Gasteiger partial charge in [0.1, 0.15) is 11.6 Å². The molecule has 15 heavy (non-hydrogen) atoms. The molecule has 1 atom stereocenters. The van der Waals surface area contributed by atoms with E-state index in [1.54, 1.807) is 0 Å². The molecule has 3 heteroatoms. The molecule has 1 saturated carbocycles. The van der Waals surface area contributed by atoms with Crippen molar-refractivity contribution >= 4 is 0 Å². The zero-order chi connectivity index (χ0) is 10.8. The van der Waals surface area contributed by atoms with Gasteiger partial charge in [0.25, 0.3) is 0 Å². The fraction of sp³-hybridized carbons (Fsp3) is 0.500. The van der Waals surface area contributed by atoms with E-state index >= 15 is 0 Å². The zero-order valence-electron chi connectivity index (χ0n) is 8.55. The van der Waals surface area contributed by atoms with Crippen LogP contribution in [0.2, 0.25) is 0 Å². The summed E-state index contributed by atoms with van der Waals surface area (Å²) in [6.45, 7) is 0. The predicted octanol–water partition coefficient (Wildman–Crippen LogP) is 3.15. The van der Waals surface area contributed by atoms with Crippen LogP contribution in [0, 0.1) is 17.6 Å². The van der Waals surface area contributed by atoms with Crippen molar-refractivity contribution in [3.63, 3.8) is 0 Å². The summed E-state index contributed by atoms with van der Waals surface area (Å²) in [5.41, 5.74) is 6.59. The molecule has 0 aromatic heterocycles. The summed E-state index contributed by atoms with van der Waals surface area (Å²) in [6, 6.07) is 3.33. The van der Waals surface area contributed by atoms with E-state index in [2.05, 4.69) is 0 Å². The molecule has 0 radical (unpaired) electrons. The Morgan fingerprint density at radius 2 is 1.60 bits per heavy atom. The molecule has 0 saturated heterocycles. The van der Waals surface area contributed by atoms with Gasteiger partial charge >= 0.3 is 0 Å². The van der Waals surface area contributed by atoms with Gasteiger partial charge in [0.2, 0.25) is 0 Å². The van der Waals surface area contributed by atoms with Crippen LogP contribution in [0.15, 0.2) is 18.2 Å². The van der Waals surface area contributed by atoms with Crippen LogP contribution in [-0.4, -0.2) is 0 Å². The van der Waals surface area contributed by atoms with Crippen molar-refractivity contribution in [2.75, 3.05) is 0 Å². The molecule has 0 heterocycles. The molecule has 1 aliphatic rings. The molecule has 2 rings (SSSR count). The van der Waals surface area contributed by atoms with E-state index in [4.69, 9.17) is 5.73 Å². The van der Waals surface area contributed by atoms with Crippen LogP contribution in [-0.2, 0) is 0 Å². The van der Waals surface area contributed by atoms with Crippen molar-refractivity contribution in [3.05, 3.63) is 35.4 Å². The smallest absolute Gasteiger partial charge is 0.126 e. The van der Waals surface area contributed by atoms with Crippen LogP contribution in [0.1, 0.15) is 37.3 Å². The van der Waals surface area contributed by atoms with Crippen LogP contribution < -0.4 is 5.73 Å². The van der Waals surface area contributed by atoms with Crippen molar-refractivity contribution in [2.45, 2.75) is 31.7 Å². The molecule has 0 aliphatic heterocycles. The van der Waals surface area contributed by atoms with Gasteiger partial charge in [0.05, 0.1) is 0 Å². The first-order chi connectivity index (χ1) is 7.16. The Balaban J connectivity index is 2.20. The lowest BCUT2D eigenvalue weighted by Gasteiger charge is -2.19. The summed E-state index contributed by atoms with van der Waals surface area (Å²) in [4.78, 5) is 0. The third-order valence-electron chi connectivity index (χ3n) is 3.18. The lowest BCUT2D eigenvalue weighted by atomic mass is 9.92. The van der Waals surface area contributed by atoms with Crippen molar-refractivity contribution in [3.8, 4) is 0 Å². The van der Waals surface area contributed by atoms with Crippen molar-refractivity contribution in [2.24, 2.45) is 11.7 Å². The molecular weight excluding hydrogens is 196 g/mol. The Hall–Kier alpha value is -0.960. The quantitative estimate of drug-likeness (QED) is 0.799. The van der Waals surface area contributed by atoms with E-state index in [1.165, 1.54) is 25.0 Å². The normalized spacial score (nSPS) is 19.4. The molecule has 2 N–H and O–H groups in total. The minimum absolute atomic E-state index is 0.224. The van der Waals surface area contributed by atoms with Crippen LogP contribution in [0.5, 0.6) is 0 Å². The molecule has 0 spiro atoms. The highest BCUT2D eigenvalue weighted by Gasteiger charge is 2.23. The Labute approximate surface area is 88.3 Å². The van der Waals surface area contributed by atoms with Crippen LogP contribution in [0.4, 0.5) is 8.78 Å². The maximum atomic E-state index is 13.0. The largest absolute Gasteiger partial charge is 0.324 e. The molecular formula is C12H15F2N. The molecule has 1 nitrogen and oxygen atoms in total.